The molecule has 2 bridgehead atoms. The SMILES string of the molecule is CC1(C)C[C@H]2C[C@](C)(CN2C(=O)COC(=O)c2ccc(OCC(=O)Nc3cccc(C(F)(F)F)c3)cc2)C1. The summed E-state index contributed by atoms with van der Waals surface area (Å²) in [5, 5.41) is 2.35. The molecule has 1 heterocycles. The van der Waals surface area contributed by atoms with Gasteiger partial charge in [0.2, 0.25) is 0 Å². The number of benzene rings is 2. The monoisotopic (exact) mass is 532 g/mol. The molecular formula is C28H31F3N2O5. The average molecular weight is 533 g/mol. The van der Waals surface area contributed by atoms with E-state index >= 15 is 0 Å². The van der Waals surface area contributed by atoms with E-state index in [4.69, 9.17) is 9.47 Å². The predicted molar refractivity (Wildman–Crippen MR) is 134 cm³/mol. The van der Waals surface area contributed by atoms with Crippen molar-refractivity contribution in [3.63, 3.8) is 0 Å². The van der Waals surface area contributed by atoms with Crippen molar-refractivity contribution < 1.29 is 37.0 Å². The maximum absolute atomic E-state index is 12.8. The smallest absolute Gasteiger partial charge is 0.416 e. The fourth-order valence-corrected chi connectivity index (χ4v) is 5.85. The van der Waals surface area contributed by atoms with Gasteiger partial charge in [-0.05, 0) is 72.6 Å². The number of fused-ring (bicyclic) bond motifs is 2. The fraction of sp³-hybridized carbons (Fsp3) is 0.464. The van der Waals surface area contributed by atoms with Gasteiger partial charge in [0.25, 0.3) is 11.8 Å². The van der Waals surface area contributed by atoms with Crippen LogP contribution in [0.3, 0.4) is 0 Å². The third kappa shape index (κ3) is 6.65. The van der Waals surface area contributed by atoms with Crippen LogP contribution in [0.15, 0.2) is 48.5 Å². The summed E-state index contributed by atoms with van der Waals surface area (Å²) in [6, 6.07) is 10.3. The summed E-state index contributed by atoms with van der Waals surface area (Å²) < 4.78 is 49.1. The van der Waals surface area contributed by atoms with Gasteiger partial charge in [-0.25, -0.2) is 4.79 Å². The first-order valence-corrected chi connectivity index (χ1v) is 12.4. The Kier molecular flexibility index (Phi) is 7.45. The molecular weight excluding hydrogens is 501 g/mol. The highest BCUT2D eigenvalue weighted by molar-refractivity contribution is 5.92. The first-order valence-electron chi connectivity index (χ1n) is 12.4. The molecule has 2 amide bonds. The van der Waals surface area contributed by atoms with E-state index in [0.717, 1.165) is 31.4 Å². The van der Waals surface area contributed by atoms with Gasteiger partial charge >= 0.3 is 12.1 Å². The standard InChI is InChI=1S/C28H31F3N2O5/c1-26(2)12-21-13-27(3,16-26)17-33(21)24(35)15-38-25(36)18-7-9-22(10-8-18)37-14-23(34)32-20-6-4-5-19(11-20)28(29,30)31/h4-11,21H,12-17H2,1-3H3,(H,32,34)/t21-,27-/m0/s1. The molecule has 0 unspecified atom stereocenters. The molecule has 0 aromatic heterocycles. The minimum Gasteiger partial charge on any atom is -0.484 e. The average Bonchev–Trinajstić information content (AvgIpc) is 3.09. The molecule has 38 heavy (non-hydrogen) atoms. The van der Waals surface area contributed by atoms with Crippen LogP contribution in [0, 0.1) is 10.8 Å². The lowest BCUT2D eigenvalue weighted by Gasteiger charge is -2.39. The Balaban J connectivity index is 1.24. The van der Waals surface area contributed by atoms with E-state index in [1.807, 2.05) is 4.90 Å². The second-order valence-corrected chi connectivity index (χ2v) is 11.3. The van der Waals surface area contributed by atoms with Crippen LogP contribution in [0.2, 0.25) is 0 Å². The number of likely N-dealkylation sites (tertiary alicyclic amines) is 1. The second-order valence-electron chi connectivity index (χ2n) is 11.3. The van der Waals surface area contributed by atoms with Crippen molar-refractivity contribution in [1.29, 1.82) is 0 Å². The van der Waals surface area contributed by atoms with Crippen LogP contribution in [0.5, 0.6) is 5.75 Å². The lowest BCUT2D eigenvalue weighted by Crippen LogP contribution is -2.39. The molecule has 2 atom stereocenters. The highest BCUT2D eigenvalue weighted by Crippen LogP contribution is 2.52. The Hall–Kier alpha value is -3.56. The third-order valence-electron chi connectivity index (χ3n) is 7.00. The maximum Gasteiger partial charge on any atom is 0.416 e. The number of nitrogens with one attached hydrogen (secondary N) is 1. The molecule has 1 saturated heterocycles. The van der Waals surface area contributed by atoms with Gasteiger partial charge in [0.15, 0.2) is 13.2 Å². The molecule has 7 nitrogen and oxygen atoms in total. The van der Waals surface area contributed by atoms with Crippen LogP contribution < -0.4 is 10.1 Å². The summed E-state index contributed by atoms with van der Waals surface area (Å²) in [5.41, 5.74) is -0.400. The van der Waals surface area contributed by atoms with Crippen LogP contribution in [0.1, 0.15) is 56.0 Å². The Labute approximate surface area is 219 Å². The Morgan fingerprint density at radius 1 is 1.03 bits per heavy atom. The molecule has 2 aromatic carbocycles. The second kappa shape index (κ2) is 10.3. The number of carbonyl (C=O) groups excluding carboxylic acids is 3. The minimum atomic E-state index is -4.52. The molecule has 4 rings (SSSR count). The number of carbonyl (C=O) groups is 3. The zero-order chi connectivity index (χ0) is 27.7. The van der Waals surface area contributed by atoms with Gasteiger partial charge in [0.1, 0.15) is 5.75 Å². The molecule has 0 spiro atoms. The number of ether oxygens (including phenoxy) is 2. The molecule has 1 saturated carbocycles. The van der Waals surface area contributed by atoms with Crippen molar-refractivity contribution in [1.82, 2.24) is 4.90 Å². The predicted octanol–water partition coefficient (Wildman–Crippen LogP) is 5.31. The number of amides is 2. The Bertz CT molecular complexity index is 1210. The van der Waals surface area contributed by atoms with E-state index in [1.165, 1.54) is 36.4 Å². The van der Waals surface area contributed by atoms with Gasteiger partial charge in [-0.15, -0.1) is 0 Å². The summed E-state index contributed by atoms with van der Waals surface area (Å²) in [4.78, 5) is 39.2. The minimum absolute atomic E-state index is 0.00346. The number of hydrogen-bond donors (Lipinski definition) is 1. The number of nitrogens with zero attached hydrogens (tertiary/aromatic N) is 1. The van der Waals surface area contributed by atoms with Gasteiger partial charge in [-0.1, -0.05) is 26.8 Å². The summed E-state index contributed by atoms with van der Waals surface area (Å²) >= 11 is 0. The number of rotatable bonds is 7. The number of halogens is 3. The number of alkyl halides is 3. The lowest BCUT2D eigenvalue weighted by molar-refractivity contribution is -0.137. The van der Waals surface area contributed by atoms with Gasteiger partial charge in [0, 0.05) is 18.3 Å². The van der Waals surface area contributed by atoms with Crippen LogP contribution in [0.25, 0.3) is 0 Å². The van der Waals surface area contributed by atoms with Crippen molar-refractivity contribution in [3.8, 4) is 5.75 Å². The lowest BCUT2D eigenvalue weighted by atomic mass is 9.65. The molecule has 204 valence electrons. The van der Waals surface area contributed by atoms with Gasteiger partial charge < -0.3 is 19.7 Å². The summed E-state index contributed by atoms with van der Waals surface area (Å²) in [6.45, 7) is 6.55. The fourth-order valence-electron chi connectivity index (χ4n) is 5.85. The molecule has 2 aromatic rings. The van der Waals surface area contributed by atoms with Crippen molar-refractivity contribution in [2.75, 3.05) is 25.1 Å². The molecule has 1 aliphatic carbocycles. The van der Waals surface area contributed by atoms with E-state index in [9.17, 15) is 27.6 Å². The maximum atomic E-state index is 12.8. The van der Waals surface area contributed by atoms with Crippen LogP contribution >= 0.6 is 0 Å². The number of esters is 1. The molecule has 1 aliphatic heterocycles. The quantitative estimate of drug-likeness (QED) is 0.489. The van der Waals surface area contributed by atoms with Gasteiger partial charge in [0.05, 0.1) is 11.1 Å². The normalized spacial score (nSPS) is 22.1. The highest BCUT2D eigenvalue weighted by Gasteiger charge is 2.51. The van der Waals surface area contributed by atoms with E-state index in [1.54, 1.807) is 0 Å². The van der Waals surface area contributed by atoms with Crippen LogP contribution in [-0.2, 0) is 20.5 Å². The molecule has 2 aliphatic rings. The van der Waals surface area contributed by atoms with E-state index in [0.29, 0.717) is 6.54 Å². The third-order valence-corrected chi connectivity index (χ3v) is 7.00. The van der Waals surface area contributed by atoms with Crippen molar-refractivity contribution in [3.05, 3.63) is 59.7 Å². The van der Waals surface area contributed by atoms with E-state index in [2.05, 4.69) is 26.1 Å². The molecule has 2 fully saturated rings. The van der Waals surface area contributed by atoms with Crippen molar-refractivity contribution >= 4 is 23.5 Å². The van der Waals surface area contributed by atoms with Crippen molar-refractivity contribution in [2.45, 2.75) is 52.3 Å². The Morgan fingerprint density at radius 2 is 1.74 bits per heavy atom. The number of anilines is 1. The van der Waals surface area contributed by atoms with Gasteiger partial charge in [-0.2, -0.15) is 13.2 Å². The summed E-state index contributed by atoms with van der Waals surface area (Å²) in [5.74, 6) is -1.22. The number of hydrogen-bond acceptors (Lipinski definition) is 5. The van der Waals surface area contributed by atoms with Crippen molar-refractivity contribution in [2.24, 2.45) is 10.8 Å². The van der Waals surface area contributed by atoms with Crippen LogP contribution in [0.4, 0.5) is 18.9 Å². The highest BCUT2D eigenvalue weighted by atomic mass is 19.4. The molecule has 10 heteroatoms. The topological polar surface area (TPSA) is 84.9 Å². The summed E-state index contributed by atoms with van der Waals surface area (Å²) in [6.07, 6.45) is -1.56. The molecule has 1 N–H and O–H groups in total. The first-order chi connectivity index (χ1) is 17.7. The molecule has 0 radical (unpaired) electrons. The first kappa shape index (κ1) is 27.5. The van der Waals surface area contributed by atoms with Gasteiger partial charge in [-0.3, -0.25) is 9.59 Å². The van der Waals surface area contributed by atoms with E-state index in [-0.39, 0.29) is 46.4 Å². The Morgan fingerprint density at radius 3 is 2.42 bits per heavy atom. The van der Waals surface area contributed by atoms with E-state index < -0.39 is 30.2 Å². The largest absolute Gasteiger partial charge is 0.484 e. The zero-order valence-electron chi connectivity index (χ0n) is 21.6. The summed E-state index contributed by atoms with van der Waals surface area (Å²) in [7, 11) is 0. The van der Waals surface area contributed by atoms with Crippen LogP contribution in [-0.4, -0.2) is 48.5 Å². The zero-order valence-corrected chi connectivity index (χ0v) is 21.6.